The summed E-state index contributed by atoms with van der Waals surface area (Å²) in [6, 6.07) is 0. The average Bonchev–Trinajstić information content (AvgIpc) is 2.09. The van der Waals surface area contributed by atoms with Gasteiger partial charge in [0.05, 0.1) is 13.2 Å². The van der Waals surface area contributed by atoms with Crippen molar-refractivity contribution in [2.45, 2.75) is 6.73 Å². The molecule has 0 atom stereocenters. The first kappa shape index (κ1) is 9.62. The first-order chi connectivity index (χ1) is 6.24. The standard InChI is InChI=1S/C6H10N4O3/c7-6-9-5(12)3-8-10(6)4-13-2-1-11/h3,11H,1-2,4H2,(H2,7,9,12). The van der Waals surface area contributed by atoms with Crippen LogP contribution in [-0.4, -0.2) is 33.1 Å². The highest BCUT2D eigenvalue weighted by molar-refractivity contribution is 5.11. The summed E-state index contributed by atoms with van der Waals surface area (Å²) < 4.78 is 6.14. The van der Waals surface area contributed by atoms with E-state index in [1.165, 1.54) is 4.68 Å². The van der Waals surface area contributed by atoms with Crippen molar-refractivity contribution < 1.29 is 9.84 Å². The highest BCUT2D eigenvalue weighted by Crippen LogP contribution is 1.90. The summed E-state index contributed by atoms with van der Waals surface area (Å²) >= 11 is 0. The molecule has 0 unspecified atom stereocenters. The van der Waals surface area contributed by atoms with E-state index in [1.807, 2.05) is 0 Å². The Labute approximate surface area is 73.8 Å². The number of rotatable bonds is 4. The number of anilines is 1. The number of hydrogen-bond donors (Lipinski definition) is 2. The van der Waals surface area contributed by atoms with Gasteiger partial charge in [-0.3, -0.25) is 4.79 Å². The second-order valence-corrected chi connectivity index (χ2v) is 2.21. The molecule has 1 aromatic heterocycles. The fourth-order valence-corrected chi connectivity index (χ4v) is 0.693. The highest BCUT2D eigenvalue weighted by atomic mass is 16.5. The number of ether oxygens (including phenoxy) is 1. The molecule has 7 heteroatoms. The minimum atomic E-state index is -0.490. The summed E-state index contributed by atoms with van der Waals surface area (Å²) in [6.45, 7) is 0.181. The maximum Gasteiger partial charge on any atom is 0.293 e. The van der Waals surface area contributed by atoms with Crippen LogP contribution in [0.5, 0.6) is 0 Å². The molecule has 0 fully saturated rings. The molecule has 1 heterocycles. The van der Waals surface area contributed by atoms with Gasteiger partial charge < -0.3 is 15.6 Å². The molecule has 0 saturated heterocycles. The van der Waals surface area contributed by atoms with Gasteiger partial charge in [-0.15, -0.1) is 0 Å². The predicted octanol–water partition coefficient (Wildman–Crippen LogP) is -1.81. The van der Waals surface area contributed by atoms with Crippen LogP contribution in [0.25, 0.3) is 0 Å². The highest BCUT2D eigenvalue weighted by Gasteiger charge is 1.98. The van der Waals surface area contributed by atoms with Gasteiger partial charge in [0.25, 0.3) is 5.56 Å². The summed E-state index contributed by atoms with van der Waals surface area (Å²) in [5, 5.41) is 12.1. The van der Waals surface area contributed by atoms with E-state index < -0.39 is 5.56 Å². The van der Waals surface area contributed by atoms with Crippen LogP contribution in [0.1, 0.15) is 0 Å². The van der Waals surface area contributed by atoms with Crippen molar-refractivity contribution in [2.75, 3.05) is 18.9 Å². The largest absolute Gasteiger partial charge is 0.394 e. The van der Waals surface area contributed by atoms with Gasteiger partial charge in [-0.05, 0) is 0 Å². The van der Waals surface area contributed by atoms with Gasteiger partial charge in [0.1, 0.15) is 12.9 Å². The fourth-order valence-electron chi connectivity index (χ4n) is 0.693. The van der Waals surface area contributed by atoms with Crippen molar-refractivity contribution >= 4 is 5.95 Å². The topological polar surface area (TPSA) is 103 Å². The Balaban J connectivity index is 2.61. The molecular formula is C6H10N4O3. The van der Waals surface area contributed by atoms with E-state index in [0.717, 1.165) is 6.20 Å². The summed E-state index contributed by atoms with van der Waals surface area (Å²) in [5.41, 5.74) is 4.86. The van der Waals surface area contributed by atoms with Crippen LogP contribution < -0.4 is 11.3 Å². The molecule has 13 heavy (non-hydrogen) atoms. The Kier molecular flexibility index (Phi) is 3.35. The Morgan fingerprint density at radius 3 is 3.08 bits per heavy atom. The number of nitrogen functional groups attached to an aromatic ring is 1. The number of nitrogens with zero attached hydrogens (tertiary/aromatic N) is 3. The quantitative estimate of drug-likeness (QED) is 0.537. The maximum atomic E-state index is 10.6. The molecule has 0 aromatic carbocycles. The van der Waals surface area contributed by atoms with Crippen LogP contribution in [0.4, 0.5) is 5.95 Å². The molecular weight excluding hydrogens is 176 g/mol. The third-order valence-electron chi connectivity index (χ3n) is 1.25. The molecule has 0 aliphatic rings. The van der Waals surface area contributed by atoms with Crippen LogP contribution in [-0.2, 0) is 11.5 Å². The molecule has 0 radical (unpaired) electrons. The van der Waals surface area contributed by atoms with Gasteiger partial charge in [-0.25, -0.2) is 4.68 Å². The average molecular weight is 186 g/mol. The van der Waals surface area contributed by atoms with Crippen molar-refractivity contribution in [3.63, 3.8) is 0 Å². The Morgan fingerprint density at radius 1 is 1.69 bits per heavy atom. The smallest absolute Gasteiger partial charge is 0.293 e. The van der Waals surface area contributed by atoms with Crippen molar-refractivity contribution in [1.82, 2.24) is 14.8 Å². The van der Waals surface area contributed by atoms with Crippen LogP contribution in [0.2, 0.25) is 0 Å². The third kappa shape index (κ3) is 2.80. The lowest BCUT2D eigenvalue weighted by atomic mass is 10.8. The summed E-state index contributed by atoms with van der Waals surface area (Å²) in [6.07, 6.45) is 1.04. The minimum absolute atomic E-state index is 0.00885. The van der Waals surface area contributed by atoms with Crippen molar-refractivity contribution in [3.8, 4) is 0 Å². The lowest BCUT2D eigenvalue weighted by Crippen LogP contribution is -2.20. The molecule has 0 aliphatic heterocycles. The van der Waals surface area contributed by atoms with Crippen LogP contribution in [0.3, 0.4) is 0 Å². The summed E-state index contributed by atoms with van der Waals surface area (Å²) in [4.78, 5) is 14.1. The van der Waals surface area contributed by atoms with Crippen LogP contribution >= 0.6 is 0 Å². The van der Waals surface area contributed by atoms with Gasteiger partial charge >= 0.3 is 0 Å². The molecule has 3 N–H and O–H groups in total. The SMILES string of the molecule is Nc1nc(=O)cnn1COCCO. The van der Waals surface area contributed by atoms with Crippen molar-refractivity contribution in [1.29, 1.82) is 0 Å². The lowest BCUT2D eigenvalue weighted by molar-refractivity contribution is 0.0417. The van der Waals surface area contributed by atoms with Crippen molar-refractivity contribution in [3.05, 3.63) is 16.6 Å². The Morgan fingerprint density at radius 2 is 2.46 bits per heavy atom. The van der Waals surface area contributed by atoms with Gasteiger partial charge in [-0.2, -0.15) is 10.1 Å². The normalized spacial score (nSPS) is 10.2. The molecule has 1 aromatic rings. The number of aromatic nitrogens is 3. The van der Waals surface area contributed by atoms with Crippen LogP contribution in [0.15, 0.2) is 11.0 Å². The van der Waals surface area contributed by atoms with Crippen molar-refractivity contribution in [2.24, 2.45) is 0 Å². The number of aliphatic hydroxyl groups excluding tert-OH is 1. The first-order valence-electron chi connectivity index (χ1n) is 3.62. The Bertz CT molecular complexity index is 324. The number of nitrogens with two attached hydrogens (primary N) is 1. The third-order valence-corrected chi connectivity index (χ3v) is 1.25. The van der Waals surface area contributed by atoms with Gasteiger partial charge in [0.15, 0.2) is 0 Å². The van der Waals surface area contributed by atoms with E-state index in [0.29, 0.717) is 0 Å². The second-order valence-electron chi connectivity index (χ2n) is 2.21. The maximum absolute atomic E-state index is 10.6. The summed E-state index contributed by atoms with van der Waals surface area (Å²) in [5.74, 6) is -0.00885. The second kappa shape index (κ2) is 4.53. The molecule has 0 aliphatic carbocycles. The minimum Gasteiger partial charge on any atom is -0.394 e. The van der Waals surface area contributed by atoms with Gasteiger partial charge in [0.2, 0.25) is 5.95 Å². The first-order valence-corrected chi connectivity index (χ1v) is 3.62. The predicted molar refractivity (Wildman–Crippen MR) is 43.7 cm³/mol. The molecule has 0 saturated carbocycles. The van der Waals surface area contributed by atoms with E-state index in [2.05, 4.69) is 10.1 Å². The molecule has 72 valence electrons. The molecule has 0 spiro atoms. The number of hydrogen-bond acceptors (Lipinski definition) is 6. The van der Waals surface area contributed by atoms with E-state index >= 15 is 0 Å². The van der Waals surface area contributed by atoms with E-state index in [1.54, 1.807) is 0 Å². The fraction of sp³-hybridized carbons (Fsp3) is 0.500. The lowest BCUT2D eigenvalue weighted by Gasteiger charge is -2.06. The molecule has 7 nitrogen and oxygen atoms in total. The zero-order valence-electron chi connectivity index (χ0n) is 6.88. The number of aliphatic hydroxyl groups is 1. The molecule has 1 rings (SSSR count). The van der Waals surface area contributed by atoms with Gasteiger partial charge in [-0.1, -0.05) is 0 Å². The van der Waals surface area contributed by atoms with Crippen LogP contribution in [0, 0.1) is 0 Å². The molecule has 0 bridgehead atoms. The Hall–Kier alpha value is -1.47. The van der Waals surface area contributed by atoms with E-state index in [9.17, 15) is 4.79 Å². The van der Waals surface area contributed by atoms with E-state index in [4.69, 9.17) is 15.6 Å². The van der Waals surface area contributed by atoms with E-state index in [-0.39, 0.29) is 25.9 Å². The zero-order chi connectivity index (χ0) is 9.68. The van der Waals surface area contributed by atoms with Gasteiger partial charge in [0, 0.05) is 0 Å². The zero-order valence-corrected chi connectivity index (χ0v) is 6.88. The summed E-state index contributed by atoms with van der Waals surface area (Å²) in [7, 11) is 0. The molecule has 0 amide bonds. The monoisotopic (exact) mass is 186 g/mol.